The molecule has 0 atom stereocenters. The number of likely N-dealkylation sites (tertiary alicyclic amines) is 1. The Balaban J connectivity index is 1.51. The van der Waals surface area contributed by atoms with E-state index in [1.54, 1.807) is 6.20 Å². The Morgan fingerprint density at radius 2 is 1.88 bits per heavy atom. The Morgan fingerprint density at radius 3 is 2.47 bits per heavy atom. The van der Waals surface area contributed by atoms with Crippen LogP contribution in [-0.2, 0) is 4.79 Å². The molecule has 3 aromatic heterocycles. The van der Waals surface area contributed by atoms with Crippen molar-refractivity contribution < 1.29 is 9.59 Å². The molecule has 0 aliphatic carbocycles. The number of nitrogens with one attached hydrogen (secondary N) is 1. The van der Waals surface area contributed by atoms with E-state index in [0.29, 0.717) is 36.6 Å². The first kappa shape index (κ1) is 22.4. The van der Waals surface area contributed by atoms with Gasteiger partial charge in [0, 0.05) is 36.1 Å². The summed E-state index contributed by atoms with van der Waals surface area (Å²) in [5.74, 6) is 0.0519. The molecule has 2 amide bonds. The molecule has 1 fully saturated rings. The van der Waals surface area contributed by atoms with Crippen LogP contribution in [0.2, 0.25) is 0 Å². The average Bonchev–Trinajstić information content (AvgIpc) is 3.38. The fraction of sp³-hybridized carbons (Fsp3) is 0.522. The van der Waals surface area contributed by atoms with Gasteiger partial charge in [0.05, 0.1) is 22.8 Å². The van der Waals surface area contributed by atoms with Gasteiger partial charge in [0.25, 0.3) is 5.91 Å². The highest BCUT2D eigenvalue weighted by atomic mass is 32.1. The zero-order chi connectivity index (χ0) is 23.0. The largest absolute Gasteiger partial charge is 0.339 e. The smallest absolute Gasteiger partial charge is 0.254 e. The zero-order valence-electron chi connectivity index (χ0n) is 19.3. The summed E-state index contributed by atoms with van der Waals surface area (Å²) in [4.78, 5) is 37.1. The molecule has 1 saturated heterocycles. The molecular formula is C23H30N6O2S. The number of amides is 2. The van der Waals surface area contributed by atoms with Crippen LogP contribution in [0.5, 0.6) is 0 Å². The van der Waals surface area contributed by atoms with Crippen LogP contribution in [-0.4, -0.2) is 49.6 Å². The quantitative estimate of drug-likeness (QED) is 0.617. The van der Waals surface area contributed by atoms with Crippen molar-refractivity contribution in [2.75, 3.05) is 18.4 Å². The molecule has 32 heavy (non-hydrogen) atoms. The summed E-state index contributed by atoms with van der Waals surface area (Å²) in [5.41, 5.74) is 3.18. The Labute approximate surface area is 192 Å². The number of hydrogen-bond donors (Lipinski definition) is 1. The molecule has 1 aliphatic heterocycles. The van der Waals surface area contributed by atoms with E-state index >= 15 is 0 Å². The van der Waals surface area contributed by atoms with Crippen molar-refractivity contribution in [3.63, 3.8) is 0 Å². The maximum absolute atomic E-state index is 13.5. The van der Waals surface area contributed by atoms with Gasteiger partial charge in [0.15, 0.2) is 10.8 Å². The first-order valence-electron chi connectivity index (χ1n) is 11.1. The summed E-state index contributed by atoms with van der Waals surface area (Å²) < 4.78 is 1.87. The molecule has 0 spiro atoms. The number of aromatic nitrogens is 4. The standard InChI is InChI=1S/C23H30N6O2S/c1-13(2)19-10-17(18-11-24-29(14(3)4)20(18)26-19)22(31)28-8-6-16(7-9-28)21(30)27-23-25-15(5)12-32-23/h10-14,16H,6-9H2,1-5H3,(H,25,27,30). The van der Waals surface area contributed by atoms with Gasteiger partial charge in [-0.15, -0.1) is 11.3 Å². The minimum absolute atomic E-state index is 0.0157. The molecule has 3 aromatic rings. The van der Waals surface area contributed by atoms with Gasteiger partial charge in [-0.25, -0.2) is 14.6 Å². The van der Waals surface area contributed by atoms with E-state index in [1.165, 1.54) is 11.3 Å². The molecule has 4 heterocycles. The number of rotatable bonds is 5. The molecule has 0 unspecified atom stereocenters. The number of thiazole rings is 1. The minimum atomic E-state index is -0.115. The van der Waals surface area contributed by atoms with Gasteiger partial charge >= 0.3 is 0 Å². The Morgan fingerprint density at radius 1 is 1.16 bits per heavy atom. The van der Waals surface area contributed by atoms with E-state index in [-0.39, 0.29) is 29.7 Å². The third-order valence-electron chi connectivity index (χ3n) is 5.90. The molecule has 8 nitrogen and oxygen atoms in total. The number of anilines is 1. The Kier molecular flexibility index (Phi) is 6.28. The molecule has 1 aliphatic rings. The van der Waals surface area contributed by atoms with Crippen molar-refractivity contribution in [3.05, 3.63) is 34.6 Å². The van der Waals surface area contributed by atoms with Crippen molar-refractivity contribution in [2.45, 2.75) is 59.4 Å². The summed E-state index contributed by atoms with van der Waals surface area (Å²) in [6, 6.07) is 2.06. The summed E-state index contributed by atoms with van der Waals surface area (Å²) >= 11 is 1.43. The number of piperidine rings is 1. The van der Waals surface area contributed by atoms with Crippen molar-refractivity contribution in [1.82, 2.24) is 24.6 Å². The van der Waals surface area contributed by atoms with Crippen LogP contribution in [0.3, 0.4) is 0 Å². The average molecular weight is 455 g/mol. The fourth-order valence-electron chi connectivity index (χ4n) is 4.02. The molecule has 170 valence electrons. The van der Waals surface area contributed by atoms with Crippen molar-refractivity contribution in [3.8, 4) is 0 Å². The molecule has 0 saturated carbocycles. The van der Waals surface area contributed by atoms with Gasteiger partial charge in [0.2, 0.25) is 5.91 Å². The first-order chi connectivity index (χ1) is 15.2. The Bertz CT molecular complexity index is 1140. The van der Waals surface area contributed by atoms with Crippen LogP contribution in [0.1, 0.15) is 74.2 Å². The van der Waals surface area contributed by atoms with E-state index in [1.807, 2.05) is 28.0 Å². The number of pyridine rings is 1. The number of nitrogens with zero attached hydrogens (tertiary/aromatic N) is 5. The molecule has 4 rings (SSSR count). The lowest BCUT2D eigenvalue weighted by Crippen LogP contribution is -2.41. The van der Waals surface area contributed by atoms with E-state index in [9.17, 15) is 9.59 Å². The fourth-order valence-corrected chi connectivity index (χ4v) is 4.71. The lowest BCUT2D eigenvalue weighted by atomic mass is 9.95. The summed E-state index contributed by atoms with van der Waals surface area (Å²) in [6.07, 6.45) is 3.02. The van der Waals surface area contributed by atoms with Crippen LogP contribution in [0, 0.1) is 12.8 Å². The molecule has 0 bridgehead atoms. The topological polar surface area (TPSA) is 93.0 Å². The zero-order valence-corrected chi connectivity index (χ0v) is 20.1. The normalized spacial score (nSPS) is 15.2. The van der Waals surface area contributed by atoms with Crippen molar-refractivity contribution in [1.29, 1.82) is 0 Å². The third kappa shape index (κ3) is 4.39. The van der Waals surface area contributed by atoms with Gasteiger partial charge < -0.3 is 10.2 Å². The van der Waals surface area contributed by atoms with Crippen LogP contribution in [0.4, 0.5) is 5.13 Å². The second-order valence-corrected chi connectivity index (χ2v) is 9.88. The Hall–Kier alpha value is -2.81. The maximum Gasteiger partial charge on any atom is 0.254 e. The van der Waals surface area contributed by atoms with Gasteiger partial charge in [-0.05, 0) is 45.6 Å². The molecule has 0 radical (unpaired) electrons. The van der Waals surface area contributed by atoms with E-state index in [4.69, 9.17) is 4.98 Å². The molecule has 1 N–H and O–H groups in total. The number of fused-ring (bicyclic) bond motifs is 1. The number of hydrogen-bond acceptors (Lipinski definition) is 6. The van der Waals surface area contributed by atoms with E-state index < -0.39 is 0 Å². The molecular weight excluding hydrogens is 424 g/mol. The second-order valence-electron chi connectivity index (χ2n) is 9.02. The maximum atomic E-state index is 13.5. The second kappa shape index (κ2) is 8.97. The summed E-state index contributed by atoms with van der Waals surface area (Å²) in [5, 5.41) is 10.7. The van der Waals surface area contributed by atoms with Gasteiger partial charge in [-0.2, -0.15) is 5.10 Å². The summed E-state index contributed by atoms with van der Waals surface area (Å²) in [7, 11) is 0. The van der Waals surface area contributed by atoms with Crippen LogP contribution < -0.4 is 5.32 Å². The lowest BCUT2D eigenvalue weighted by Gasteiger charge is -2.31. The molecule has 9 heteroatoms. The highest BCUT2D eigenvalue weighted by Gasteiger charge is 2.30. The SMILES string of the molecule is Cc1csc(NC(=O)C2CCN(C(=O)c3cc(C(C)C)nc4c3cnn4C(C)C)CC2)n1. The van der Waals surface area contributed by atoms with Gasteiger partial charge in [-0.3, -0.25) is 9.59 Å². The van der Waals surface area contributed by atoms with Gasteiger partial charge in [0.1, 0.15) is 0 Å². The number of aryl methyl sites for hydroxylation is 1. The molecule has 0 aromatic carbocycles. The van der Waals surface area contributed by atoms with E-state index in [2.05, 4.69) is 43.1 Å². The minimum Gasteiger partial charge on any atom is -0.339 e. The van der Waals surface area contributed by atoms with E-state index in [0.717, 1.165) is 22.4 Å². The van der Waals surface area contributed by atoms with Crippen molar-refractivity contribution in [2.24, 2.45) is 5.92 Å². The number of carbonyl (C=O) groups is 2. The van der Waals surface area contributed by atoms with Crippen LogP contribution >= 0.6 is 11.3 Å². The summed E-state index contributed by atoms with van der Waals surface area (Å²) in [6.45, 7) is 11.3. The van der Waals surface area contributed by atoms with Crippen LogP contribution in [0.15, 0.2) is 17.6 Å². The first-order valence-corrected chi connectivity index (χ1v) is 12.0. The van der Waals surface area contributed by atoms with Gasteiger partial charge in [-0.1, -0.05) is 13.8 Å². The highest BCUT2D eigenvalue weighted by molar-refractivity contribution is 7.13. The van der Waals surface area contributed by atoms with Crippen LogP contribution in [0.25, 0.3) is 11.0 Å². The number of carbonyl (C=O) groups excluding carboxylic acids is 2. The predicted molar refractivity (Wildman–Crippen MR) is 126 cm³/mol. The highest BCUT2D eigenvalue weighted by Crippen LogP contribution is 2.27. The lowest BCUT2D eigenvalue weighted by molar-refractivity contribution is -0.121. The third-order valence-corrected chi connectivity index (χ3v) is 6.78. The monoisotopic (exact) mass is 454 g/mol. The van der Waals surface area contributed by atoms with Crippen molar-refractivity contribution >= 4 is 39.3 Å². The predicted octanol–water partition coefficient (Wildman–Crippen LogP) is 4.39.